The van der Waals surface area contributed by atoms with Gasteiger partial charge in [0.25, 0.3) is 0 Å². The van der Waals surface area contributed by atoms with E-state index >= 15 is 0 Å². The van der Waals surface area contributed by atoms with Gasteiger partial charge in [0, 0.05) is 5.56 Å². The predicted octanol–water partition coefficient (Wildman–Crippen LogP) is 2.76. The average Bonchev–Trinajstić information content (AvgIpc) is 2.25. The summed E-state index contributed by atoms with van der Waals surface area (Å²) in [5.41, 5.74) is 5.90. The van der Waals surface area contributed by atoms with Crippen LogP contribution in [0, 0.1) is 20.8 Å². The Morgan fingerprint density at radius 1 is 1.06 bits per heavy atom. The third kappa shape index (κ3) is 2.80. The molecule has 0 N–H and O–H groups in total. The van der Waals surface area contributed by atoms with Crippen LogP contribution in [0.1, 0.15) is 22.3 Å². The van der Waals surface area contributed by atoms with Crippen molar-refractivity contribution >= 4 is 10.9 Å². The van der Waals surface area contributed by atoms with Crippen molar-refractivity contribution in [1.82, 2.24) is 0 Å². The molecule has 88 valence electrons. The second-order valence-electron chi connectivity index (χ2n) is 4.65. The number of hydrogen-bond acceptors (Lipinski definition) is 1. The molecule has 0 radical (unpaired) electrons. The van der Waals surface area contributed by atoms with Crippen LogP contribution >= 0.6 is 0 Å². The molecule has 1 aromatic carbocycles. The lowest BCUT2D eigenvalue weighted by Crippen LogP contribution is -2.27. The molecule has 1 fully saturated rings. The number of hydrogen-bond donors (Lipinski definition) is 0. The third-order valence-corrected chi connectivity index (χ3v) is 5.41. The SMILES string of the molecule is Cc1cc(C)c(C[S+]2CCOCC2)c(C)c1. The van der Waals surface area contributed by atoms with E-state index in [1.807, 2.05) is 0 Å². The van der Waals surface area contributed by atoms with Crippen molar-refractivity contribution in [3.05, 3.63) is 34.4 Å². The lowest BCUT2D eigenvalue weighted by atomic mass is 10.0. The first-order valence-electron chi connectivity index (χ1n) is 5.95. The Morgan fingerprint density at radius 2 is 1.62 bits per heavy atom. The van der Waals surface area contributed by atoms with E-state index in [4.69, 9.17) is 4.74 Å². The minimum Gasteiger partial charge on any atom is -0.372 e. The fraction of sp³-hybridized carbons (Fsp3) is 0.571. The number of aryl methyl sites for hydroxylation is 3. The zero-order valence-electron chi connectivity index (χ0n) is 10.5. The molecule has 1 nitrogen and oxygen atoms in total. The summed E-state index contributed by atoms with van der Waals surface area (Å²) in [5.74, 6) is 3.78. The first-order chi connectivity index (χ1) is 7.66. The van der Waals surface area contributed by atoms with Gasteiger partial charge in [0.15, 0.2) is 0 Å². The highest BCUT2D eigenvalue weighted by molar-refractivity contribution is 7.96. The first-order valence-corrected chi connectivity index (χ1v) is 7.68. The van der Waals surface area contributed by atoms with Gasteiger partial charge in [-0.05, 0) is 42.8 Å². The Bertz CT molecular complexity index is 344. The topological polar surface area (TPSA) is 9.23 Å². The molecule has 1 aromatic rings. The number of benzene rings is 1. The Morgan fingerprint density at radius 3 is 2.19 bits per heavy atom. The largest absolute Gasteiger partial charge is 0.372 e. The summed E-state index contributed by atoms with van der Waals surface area (Å²) in [7, 11) is 0.552. The smallest absolute Gasteiger partial charge is 0.133 e. The van der Waals surface area contributed by atoms with E-state index in [0.29, 0.717) is 10.9 Å². The van der Waals surface area contributed by atoms with Crippen molar-refractivity contribution in [2.75, 3.05) is 24.7 Å². The molecule has 1 aliphatic heterocycles. The van der Waals surface area contributed by atoms with Crippen LogP contribution in [0.5, 0.6) is 0 Å². The molecule has 0 spiro atoms. The maximum atomic E-state index is 5.42. The third-order valence-electron chi connectivity index (χ3n) is 3.22. The van der Waals surface area contributed by atoms with Gasteiger partial charge < -0.3 is 4.74 Å². The second kappa shape index (κ2) is 5.24. The van der Waals surface area contributed by atoms with Crippen LogP contribution in [0.4, 0.5) is 0 Å². The van der Waals surface area contributed by atoms with Crippen LogP contribution in [0.2, 0.25) is 0 Å². The Hall–Kier alpha value is -0.470. The fourth-order valence-electron chi connectivity index (χ4n) is 2.34. The maximum Gasteiger partial charge on any atom is 0.133 e. The Kier molecular flexibility index (Phi) is 3.93. The minimum absolute atomic E-state index is 0.552. The molecule has 0 aliphatic carbocycles. The maximum absolute atomic E-state index is 5.42. The molecule has 1 aliphatic rings. The van der Waals surface area contributed by atoms with Crippen LogP contribution in [0.15, 0.2) is 12.1 Å². The van der Waals surface area contributed by atoms with E-state index in [0.717, 1.165) is 13.2 Å². The van der Waals surface area contributed by atoms with Crippen molar-refractivity contribution in [3.63, 3.8) is 0 Å². The van der Waals surface area contributed by atoms with Gasteiger partial charge >= 0.3 is 0 Å². The summed E-state index contributed by atoms with van der Waals surface area (Å²) < 4.78 is 5.42. The van der Waals surface area contributed by atoms with Crippen molar-refractivity contribution in [2.24, 2.45) is 0 Å². The average molecular weight is 237 g/mol. The highest BCUT2D eigenvalue weighted by atomic mass is 32.2. The van der Waals surface area contributed by atoms with E-state index in [-0.39, 0.29) is 0 Å². The zero-order valence-corrected chi connectivity index (χ0v) is 11.3. The lowest BCUT2D eigenvalue weighted by Gasteiger charge is -2.17. The summed E-state index contributed by atoms with van der Waals surface area (Å²) >= 11 is 0. The lowest BCUT2D eigenvalue weighted by molar-refractivity contribution is 0.159. The van der Waals surface area contributed by atoms with Gasteiger partial charge in [0.2, 0.25) is 0 Å². The molecule has 0 saturated carbocycles. The highest BCUT2D eigenvalue weighted by Crippen LogP contribution is 2.21. The molecule has 0 aromatic heterocycles. The van der Waals surface area contributed by atoms with Crippen LogP contribution in [-0.2, 0) is 21.4 Å². The van der Waals surface area contributed by atoms with Gasteiger partial charge in [-0.3, -0.25) is 0 Å². The molecular formula is C14H21OS+. The molecule has 0 amide bonds. The van der Waals surface area contributed by atoms with E-state index in [9.17, 15) is 0 Å². The van der Waals surface area contributed by atoms with E-state index in [2.05, 4.69) is 32.9 Å². The van der Waals surface area contributed by atoms with Crippen molar-refractivity contribution in [3.8, 4) is 0 Å². The summed E-state index contributed by atoms with van der Waals surface area (Å²) in [4.78, 5) is 0. The molecule has 16 heavy (non-hydrogen) atoms. The van der Waals surface area contributed by atoms with Gasteiger partial charge in [-0.15, -0.1) is 0 Å². The zero-order chi connectivity index (χ0) is 11.5. The second-order valence-corrected chi connectivity index (χ2v) is 6.98. The van der Waals surface area contributed by atoms with Gasteiger partial charge in [-0.1, -0.05) is 17.7 Å². The van der Waals surface area contributed by atoms with Crippen LogP contribution < -0.4 is 0 Å². The molecule has 1 saturated heterocycles. The van der Waals surface area contributed by atoms with Crippen LogP contribution in [0.3, 0.4) is 0 Å². The van der Waals surface area contributed by atoms with Gasteiger partial charge in [0.05, 0.1) is 13.2 Å². The monoisotopic (exact) mass is 237 g/mol. The van der Waals surface area contributed by atoms with Gasteiger partial charge in [-0.2, -0.15) is 0 Å². The van der Waals surface area contributed by atoms with E-state index in [1.54, 1.807) is 5.56 Å². The predicted molar refractivity (Wildman–Crippen MR) is 72.3 cm³/mol. The van der Waals surface area contributed by atoms with Crippen molar-refractivity contribution < 1.29 is 4.74 Å². The molecule has 0 unspecified atom stereocenters. The molecule has 0 atom stereocenters. The molecule has 2 heteroatoms. The Labute approximate surface area is 102 Å². The van der Waals surface area contributed by atoms with E-state index in [1.165, 1.54) is 33.9 Å². The molecule has 2 rings (SSSR count). The Balaban J connectivity index is 2.14. The molecular weight excluding hydrogens is 216 g/mol. The standard InChI is InChI=1S/C14H21OS/c1-11-8-12(2)14(13(3)9-11)10-16-6-4-15-5-7-16/h8-9H,4-7,10H2,1-3H3/q+1. The van der Waals surface area contributed by atoms with Crippen LogP contribution in [-0.4, -0.2) is 24.7 Å². The van der Waals surface area contributed by atoms with Crippen molar-refractivity contribution in [1.29, 1.82) is 0 Å². The summed E-state index contributed by atoms with van der Waals surface area (Å²) in [5, 5.41) is 0. The number of rotatable bonds is 2. The van der Waals surface area contributed by atoms with Gasteiger partial charge in [-0.25, -0.2) is 0 Å². The van der Waals surface area contributed by atoms with Crippen molar-refractivity contribution in [2.45, 2.75) is 26.5 Å². The summed E-state index contributed by atoms with van der Waals surface area (Å²) in [6.07, 6.45) is 0. The van der Waals surface area contributed by atoms with E-state index < -0.39 is 0 Å². The highest BCUT2D eigenvalue weighted by Gasteiger charge is 2.24. The molecule has 1 heterocycles. The van der Waals surface area contributed by atoms with Crippen LogP contribution in [0.25, 0.3) is 0 Å². The summed E-state index contributed by atoms with van der Waals surface area (Å²) in [6.45, 7) is 8.61. The first kappa shape index (κ1) is 12.0. The minimum atomic E-state index is 0.552. The quantitative estimate of drug-likeness (QED) is 0.719. The number of ether oxygens (including phenoxy) is 1. The van der Waals surface area contributed by atoms with Gasteiger partial charge in [0.1, 0.15) is 17.3 Å². The summed E-state index contributed by atoms with van der Waals surface area (Å²) in [6, 6.07) is 4.62. The molecule has 0 bridgehead atoms. The fourth-order valence-corrected chi connectivity index (χ4v) is 4.41. The normalized spacial score (nSPS) is 17.7.